The number of rotatable bonds is 4. The molecule has 0 bridgehead atoms. The van der Waals surface area contributed by atoms with Gasteiger partial charge in [0.25, 0.3) is 0 Å². The number of amides is 2. The molecule has 0 radical (unpaired) electrons. The molecule has 3 heterocycles. The van der Waals surface area contributed by atoms with Gasteiger partial charge < -0.3 is 5.32 Å². The van der Waals surface area contributed by atoms with Crippen LogP contribution >= 0.6 is 22.9 Å². The first-order valence-electron chi connectivity index (χ1n) is 7.76. The standard InChI is InChI=1S/C16H19ClN6OS/c1-8(2)11-6-13(19-15-14(11)9(3)22-23(15)4)20-21-16(24)18-10-5-12(17)25-7-10/h5-8H,1-4H3,(H,19,20)(H2,18,21,24). The molecule has 0 atom stereocenters. The van der Waals surface area contributed by atoms with Gasteiger partial charge in [-0.3, -0.25) is 15.5 Å². The van der Waals surface area contributed by atoms with E-state index in [0.717, 1.165) is 22.3 Å². The minimum absolute atomic E-state index is 0.302. The summed E-state index contributed by atoms with van der Waals surface area (Å²) in [5.41, 5.74) is 8.93. The molecule has 0 spiro atoms. The van der Waals surface area contributed by atoms with E-state index in [0.29, 0.717) is 21.8 Å². The largest absolute Gasteiger partial charge is 0.337 e. The second-order valence-corrected chi connectivity index (χ2v) is 7.55. The van der Waals surface area contributed by atoms with E-state index >= 15 is 0 Å². The Morgan fingerprint density at radius 2 is 2.12 bits per heavy atom. The van der Waals surface area contributed by atoms with Crippen molar-refractivity contribution >= 4 is 51.5 Å². The molecule has 0 aromatic carbocycles. The fourth-order valence-corrected chi connectivity index (χ4v) is 3.47. The van der Waals surface area contributed by atoms with Gasteiger partial charge in [0.1, 0.15) is 5.82 Å². The van der Waals surface area contributed by atoms with Gasteiger partial charge in [-0.25, -0.2) is 9.78 Å². The quantitative estimate of drug-likeness (QED) is 0.592. The van der Waals surface area contributed by atoms with Crippen molar-refractivity contribution in [2.75, 3.05) is 10.7 Å². The maximum atomic E-state index is 12.0. The fourth-order valence-electron chi connectivity index (χ4n) is 2.66. The van der Waals surface area contributed by atoms with E-state index in [1.54, 1.807) is 16.1 Å². The van der Waals surface area contributed by atoms with Gasteiger partial charge >= 0.3 is 6.03 Å². The van der Waals surface area contributed by atoms with Crippen LogP contribution in [-0.4, -0.2) is 20.8 Å². The van der Waals surface area contributed by atoms with Gasteiger partial charge in [-0.15, -0.1) is 11.3 Å². The average Bonchev–Trinajstić information content (AvgIpc) is 3.08. The van der Waals surface area contributed by atoms with Crippen molar-refractivity contribution < 1.29 is 4.79 Å². The van der Waals surface area contributed by atoms with Crippen LogP contribution in [0.4, 0.5) is 16.3 Å². The summed E-state index contributed by atoms with van der Waals surface area (Å²) in [6.07, 6.45) is 0. The van der Waals surface area contributed by atoms with E-state index in [1.807, 2.05) is 20.0 Å². The normalized spacial score (nSPS) is 11.1. The molecule has 3 rings (SSSR count). The predicted molar refractivity (Wildman–Crippen MR) is 102 cm³/mol. The molecule has 3 aromatic heterocycles. The molecule has 0 aliphatic carbocycles. The number of halogens is 1. The van der Waals surface area contributed by atoms with Crippen LogP contribution in [0.1, 0.15) is 31.0 Å². The van der Waals surface area contributed by atoms with Crippen LogP contribution in [0.15, 0.2) is 17.5 Å². The van der Waals surface area contributed by atoms with Crippen LogP contribution in [0.5, 0.6) is 0 Å². The van der Waals surface area contributed by atoms with E-state index in [9.17, 15) is 4.79 Å². The first-order valence-corrected chi connectivity index (χ1v) is 9.02. The minimum atomic E-state index is -0.399. The molecule has 2 amide bonds. The molecule has 0 saturated carbocycles. The van der Waals surface area contributed by atoms with E-state index < -0.39 is 6.03 Å². The summed E-state index contributed by atoms with van der Waals surface area (Å²) in [5, 5.41) is 9.96. The van der Waals surface area contributed by atoms with Crippen molar-refractivity contribution in [2.24, 2.45) is 7.05 Å². The van der Waals surface area contributed by atoms with Crippen LogP contribution in [0.3, 0.4) is 0 Å². The third-order valence-corrected chi connectivity index (χ3v) is 4.84. The number of fused-ring (bicyclic) bond motifs is 1. The number of thiophene rings is 1. The number of hydrogen-bond donors (Lipinski definition) is 3. The lowest BCUT2D eigenvalue weighted by Gasteiger charge is -2.13. The molecule has 0 saturated heterocycles. The number of hydrogen-bond acceptors (Lipinski definition) is 5. The number of aryl methyl sites for hydroxylation is 2. The third kappa shape index (κ3) is 3.69. The van der Waals surface area contributed by atoms with Crippen LogP contribution < -0.4 is 16.2 Å². The Morgan fingerprint density at radius 1 is 1.36 bits per heavy atom. The highest BCUT2D eigenvalue weighted by Gasteiger charge is 2.16. The Bertz CT molecular complexity index is 932. The highest BCUT2D eigenvalue weighted by Crippen LogP contribution is 2.29. The third-order valence-electron chi connectivity index (χ3n) is 3.75. The zero-order valence-electron chi connectivity index (χ0n) is 14.3. The van der Waals surface area contributed by atoms with Gasteiger partial charge in [-0.1, -0.05) is 25.4 Å². The second-order valence-electron chi connectivity index (χ2n) is 6.00. The van der Waals surface area contributed by atoms with Gasteiger partial charge in [-0.2, -0.15) is 5.10 Å². The first kappa shape index (κ1) is 17.5. The number of hydrazine groups is 1. The number of carbonyl (C=O) groups is 1. The lowest BCUT2D eigenvalue weighted by molar-refractivity contribution is 0.254. The molecule has 0 aliphatic rings. The van der Waals surface area contributed by atoms with Gasteiger partial charge in [0.2, 0.25) is 0 Å². The summed E-state index contributed by atoms with van der Waals surface area (Å²) < 4.78 is 2.36. The molecule has 7 nitrogen and oxygen atoms in total. The number of aromatic nitrogens is 3. The molecule has 0 unspecified atom stereocenters. The molecular weight excluding hydrogens is 360 g/mol. The number of anilines is 2. The average molecular weight is 379 g/mol. The van der Waals surface area contributed by atoms with Crippen molar-refractivity contribution in [1.82, 2.24) is 20.2 Å². The summed E-state index contributed by atoms with van der Waals surface area (Å²) >= 11 is 7.20. The number of nitrogens with one attached hydrogen (secondary N) is 3. The van der Waals surface area contributed by atoms with Crippen LogP contribution in [0.25, 0.3) is 11.0 Å². The van der Waals surface area contributed by atoms with Crippen molar-refractivity contribution in [3.63, 3.8) is 0 Å². The monoisotopic (exact) mass is 378 g/mol. The molecular formula is C16H19ClN6OS. The molecule has 0 aliphatic heterocycles. The summed E-state index contributed by atoms with van der Waals surface area (Å²) in [7, 11) is 1.86. The molecule has 3 N–H and O–H groups in total. The second kappa shape index (κ2) is 6.89. The first-order chi connectivity index (χ1) is 11.8. The van der Waals surface area contributed by atoms with Crippen LogP contribution in [0, 0.1) is 6.92 Å². The highest BCUT2D eigenvalue weighted by atomic mass is 35.5. The van der Waals surface area contributed by atoms with E-state index in [-0.39, 0.29) is 0 Å². The van der Waals surface area contributed by atoms with Gasteiger partial charge in [0.15, 0.2) is 5.65 Å². The highest BCUT2D eigenvalue weighted by molar-refractivity contribution is 7.14. The molecule has 3 aromatic rings. The summed E-state index contributed by atoms with van der Waals surface area (Å²) in [6.45, 7) is 6.21. The Labute approximate surface area is 154 Å². The van der Waals surface area contributed by atoms with Crippen LogP contribution in [-0.2, 0) is 7.05 Å². The smallest absolute Gasteiger partial charge is 0.306 e. The Kier molecular flexibility index (Phi) is 4.82. The summed E-state index contributed by atoms with van der Waals surface area (Å²) in [5.74, 6) is 0.855. The van der Waals surface area contributed by atoms with Gasteiger partial charge in [0.05, 0.1) is 15.7 Å². The van der Waals surface area contributed by atoms with Crippen molar-refractivity contribution in [3.05, 3.63) is 33.1 Å². The lowest BCUT2D eigenvalue weighted by atomic mass is 10.00. The number of nitrogens with zero attached hydrogens (tertiary/aromatic N) is 3. The Morgan fingerprint density at radius 3 is 2.76 bits per heavy atom. The number of carbonyl (C=O) groups excluding carboxylic acids is 1. The van der Waals surface area contributed by atoms with Crippen molar-refractivity contribution in [1.29, 1.82) is 0 Å². The van der Waals surface area contributed by atoms with Crippen molar-refractivity contribution in [2.45, 2.75) is 26.7 Å². The van der Waals surface area contributed by atoms with E-state index in [4.69, 9.17) is 11.6 Å². The SMILES string of the molecule is Cc1nn(C)c2nc(NNC(=O)Nc3csc(Cl)c3)cc(C(C)C)c12. The van der Waals surface area contributed by atoms with Gasteiger partial charge in [0, 0.05) is 17.8 Å². The molecule has 9 heteroatoms. The fraction of sp³-hybridized carbons (Fsp3) is 0.312. The lowest BCUT2D eigenvalue weighted by Crippen LogP contribution is -2.33. The molecule has 25 heavy (non-hydrogen) atoms. The van der Waals surface area contributed by atoms with Crippen molar-refractivity contribution in [3.8, 4) is 0 Å². The maximum Gasteiger partial charge on any atom is 0.337 e. The zero-order chi connectivity index (χ0) is 18.1. The summed E-state index contributed by atoms with van der Waals surface area (Å²) in [4.78, 5) is 16.5. The van der Waals surface area contributed by atoms with Gasteiger partial charge in [-0.05, 0) is 30.5 Å². The Hall–Kier alpha value is -2.32. The molecule has 132 valence electrons. The van der Waals surface area contributed by atoms with Crippen LogP contribution in [0.2, 0.25) is 4.34 Å². The predicted octanol–water partition coefficient (Wildman–Crippen LogP) is 4.26. The Balaban J connectivity index is 1.79. The van der Waals surface area contributed by atoms with E-state index in [1.165, 1.54) is 11.3 Å². The molecule has 0 fully saturated rings. The number of urea groups is 1. The number of pyridine rings is 1. The maximum absolute atomic E-state index is 12.0. The summed E-state index contributed by atoms with van der Waals surface area (Å²) in [6, 6.07) is 3.22. The topological polar surface area (TPSA) is 83.9 Å². The van der Waals surface area contributed by atoms with E-state index in [2.05, 4.69) is 40.1 Å². The minimum Gasteiger partial charge on any atom is -0.306 e. The zero-order valence-corrected chi connectivity index (χ0v) is 15.9.